The van der Waals surface area contributed by atoms with Crippen molar-refractivity contribution in [1.29, 1.82) is 0 Å². The summed E-state index contributed by atoms with van der Waals surface area (Å²) in [4.78, 5) is 26.5. The normalized spacial score (nSPS) is 20.5. The van der Waals surface area contributed by atoms with Gasteiger partial charge >= 0.3 is 0 Å². The Bertz CT molecular complexity index is 933. The van der Waals surface area contributed by atoms with Crippen LogP contribution in [0, 0.1) is 5.92 Å². The van der Waals surface area contributed by atoms with E-state index in [4.69, 9.17) is 4.98 Å². The number of carbonyl (C=O) groups excluding carboxylic acids is 1. The first kappa shape index (κ1) is 16.7. The van der Waals surface area contributed by atoms with E-state index in [2.05, 4.69) is 33.2 Å². The molecule has 140 valence electrons. The molecule has 2 aliphatic rings. The largest absolute Gasteiger partial charge is 0.346 e. The minimum absolute atomic E-state index is 0.0215. The number of aryl methyl sites for hydroxylation is 1. The van der Waals surface area contributed by atoms with Gasteiger partial charge in [0.1, 0.15) is 12.2 Å². The number of aromatic nitrogens is 4. The van der Waals surface area contributed by atoms with Crippen LogP contribution in [0.3, 0.4) is 0 Å². The molecule has 2 aliphatic heterocycles. The summed E-state index contributed by atoms with van der Waals surface area (Å²) in [6.07, 6.45) is 4.27. The maximum Gasteiger partial charge on any atom is 0.227 e. The van der Waals surface area contributed by atoms with Crippen LogP contribution in [-0.4, -0.2) is 56.7 Å². The second-order valence-corrected chi connectivity index (χ2v) is 8.23. The van der Waals surface area contributed by atoms with Gasteiger partial charge in [-0.15, -0.1) is 0 Å². The molecule has 2 aromatic heterocycles. The number of hydrogen-bond donors (Lipinski definition) is 0. The predicted molar refractivity (Wildman–Crippen MR) is 105 cm³/mol. The molecule has 1 amide bonds. The minimum atomic E-state index is 0.0215. The van der Waals surface area contributed by atoms with Gasteiger partial charge < -0.3 is 9.80 Å². The van der Waals surface area contributed by atoms with Gasteiger partial charge in [-0.05, 0) is 25.0 Å². The number of nitrogens with zero attached hydrogens (tertiary/aromatic N) is 6. The van der Waals surface area contributed by atoms with Crippen molar-refractivity contribution in [3.05, 3.63) is 36.4 Å². The number of fused-ring (bicyclic) bond motifs is 2. The molecule has 1 atom stereocenters. The van der Waals surface area contributed by atoms with Gasteiger partial charge in [0.05, 0.1) is 22.7 Å². The highest BCUT2D eigenvalue weighted by molar-refractivity contribution is 7.22. The Hall–Kier alpha value is -2.48. The lowest BCUT2D eigenvalue weighted by molar-refractivity contribution is -0.136. The number of carbonyl (C=O) groups is 1. The molecule has 0 radical (unpaired) electrons. The van der Waals surface area contributed by atoms with Gasteiger partial charge in [0.15, 0.2) is 5.13 Å². The fourth-order valence-corrected chi connectivity index (χ4v) is 5.04. The molecule has 5 rings (SSSR count). The van der Waals surface area contributed by atoms with Crippen molar-refractivity contribution >= 4 is 32.6 Å². The van der Waals surface area contributed by atoms with E-state index >= 15 is 0 Å². The molecule has 1 aromatic carbocycles. The maximum absolute atomic E-state index is 13.1. The summed E-state index contributed by atoms with van der Waals surface area (Å²) < 4.78 is 3.10. The lowest BCUT2D eigenvalue weighted by Crippen LogP contribution is -2.41. The molecule has 8 heteroatoms. The number of thiazole rings is 1. The van der Waals surface area contributed by atoms with Gasteiger partial charge in [-0.25, -0.2) is 14.6 Å². The van der Waals surface area contributed by atoms with Crippen molar-refractivity contribution in [2.24, 2.45) is 5.92 Å². The monoisotopic (exact) mass is 382 g/mol. The van der Waals surface area contributed by atoms with Crippen LogP contribution < -0.4 is 4.90 Å². The first-order valence-corrected chi connectivity index (χ1v) is 10.4. The molecule has 1 unspecified atom stereocenters. The van der Waals surface area contributed by atoms with Crippen molar-refractivity contribution in [2.75, 3.05) is 31.1 Å². The fourth-order valence-electron chi connectivity index (χ4n) is 4.02. The molecule has 0 saturated carbocycles. The second-order valence-electron chi connectivity index (χ2n) is 7.22. The van der Waals surface area contributed by atoms with Gasteiger partial charge in [0.25, 0.3) is 0 Å². The summed E-state index contributed by atoms with van der Waals surface area (Å²) in [5, 5.41) is 5.31. The van der Waals surface area contributed by atoms with E-state index in [1.165, 1.54) is 4.70 Å². The van der Waals surface area contributed by atoms with Gasteiger partial charge in [0.2, 0.25) is 5.91 Å². The third kappa shape index (κ3) is 3.18. The average Bonchev–Trinajstić information content (AvgIpc) is 3.27. The van der Waals surface area contributed by atoms with E-state index < -0.39 is 0 Å². The quantitative estimate of drug-likeness (QED) is 0.680. The maximum atomic E-state index is 13.1. The van der Waals surface area contributed by atoms with Crippen LogP contribution in [0.5, 0.6) is 0 Å². The van der Waals surface area contributed by atoms with Crippen LogP contribution in [0.4, 0.5) is 5.13 Å². The van der Waals surface area contributed by atoms with Crippen LogP contribution in [0.1, 0.15) is 18.7 Å². The van der Waals surface area contributed by atoms with E-state index in [9.17, 15) is 4.79 Å². The van der Waals surface area contributed by atoms with Crippen molar-refractivity contribution in [2.45, 2.75) is 25.8 Å². The summed E-state index contributed by atoms with van der Waals surface area (Å²) in [7, 11) is 0. The van der Waals surface area contributed by atoms with Crippen LogP contribution in [-0.2, 0) is 17.8 Å². The van der Waals surface area contributed by atoms with Gasteiger partial charge in [-0.1, -0.05) is 23.5 Å². The third-order valence-corrected chi connectivity index (χ3v) is 6.61. The molecule has 0 aliphatic carbocycles. The number of amides is 1. The topological polar surface area (TPSA) is 67.2 Å². The highest BCUT2D eigenvalue weighted by Gasteiger charge is 2.30. The Morgan fingerprint density at radius 1 is 1.15 bits per heavy atom. The van der Waals surface area contributed by atoms with Crippen molar-refractivity contribution < 1.29 is 4.79 Å². The average molecular weight is 382 g/mol. The van der Waals surface area contributed by atoms with Crippen LogP contribution in [0.2, 0.25) is 0 Å². The Morgan fingerprint density at radius 2 is 2.07 bits per heavy atom. The summed E-state index contributed by atoms with van der Waals surface area (Å²) in [5.41, 5.74) is 1.06. The fraction of sp³-hybridized carbons (Fsp3) is 0.474. The van der Waals surface area contributed by atoms with Crippen molar-refractivity contribution in [3.63, 3.8) is 0 Å². The van der Waals surface area contributed by atoms with Crippen molar-refractivity contribution in [1.82, 2.24) is 24.6 Å². The summed E-state index contributed by atoms with van der Waals surface area (Å²) in [6.45, 7) is 4.02. The zero-order valence-electron chi connectivity index (χ0n) is 15.1. The number of para-hydroxylation sites is 1. The Morgan fingerprint density at radius 3 is 3.00 bits per heavy atom. The molecular weight excluding hydrogens is 360 g/mol. The smallest absolute Gasteiger partial charge is 0.227 e. The first-order valence-electron chi connectivity index (χ1n) is 9.54. The third-order valence-electron chi connectivity index (χ3n) is 5.52. The van der Waals surface area contributed by atoms with Crippen LogP contribution >= 0.6 is 11.3 Å². The van der Waals surface area contributed by atoms with E-state index in [0.29, 0.717) is 6.54 Å². The molecule has 0 bridgehead atoms. The lowest BCUT2D eigenvalue weighted by Gasteiger charge is -2.28. The standard InChI is InChI=1S/C19H22N6OS/c26-18(14-6-7-17-20-13-21-25(17)12-14)23-8-3-9-24(11-10-23)19-22-15-4-1-2-5-16(15)27-19/h1-2,4-5,13-14H,3,6-12H2. The zero-order chi connectivity index (χ0) is 18.2. The van der Waals surface area contributed by atoms with Gasteiger partial charge in [-0.3, -0.25) is 4.79 Å². The summed E-state index contributed by atoms with van der Waals surface area (Å²) >= 11 is 1.74. The highest BCUT2D eigenvalue weighted by atomic mass is 32.1. The predicted octanol–water partition coefficient (Wildman–Crippen LogP) is 2.19. The Labute approximate surface area is 161 Å². The number of rotatable bonds is 2. The molecule has 1 fully saturated rings. The van der Waals surface area contributed by atoms with Crippen LogP contribution in [0.15, 0.2) is 30.6 Å². The lowest BCUT2D eigenvalue weighted by atomic mass is 9.98. The van der Waals surface area contributed by atoms with E-state index in [0.717, 1.165) is 61.9 Å². The highest BCUT2D eigenvalue weighted by Crippen LogP contribution is 2.29. The first-order chi connectivity index (χ1) is 13.3. The Kier molecular flexibility index (Phi) is 4.27. The molecule has 27 heavy (non-hydrogen) atoms. The molecular formula is C19H22N6OS. The summed E-state index contributed by atoms with van der Waals surface area (Å²) in [5.74, 6) is 1.28. The number of anilines is 1. The second kappa shape index (κ2) is 6.92. The molecule has 7 nitrogen and oxygen atoms in total. The van der Waals surface area contributed by atoms with Crippen LogP contribution in [0.25, 0.3) is 10.2 Å². The number of benzene rings is 1. The van der Waals surface area contributed by atoms with E-state index in [-0.39, 0.29) is 11.8 Å². The minimum Gasteiger partial charge on any atom is -0.346 e. The molecule has 0 N–H and O–H groups in total. The molecule has 0 spiro atoms. The zero-order valence-corrected chi connectivity index (χ0v) is 15.9. The van der Waals surface area contributed by atoms with E-state index in [1.54, 1.807) is 17.7 Å². The van der Waals surface area contributed by atoms with Gasteiger partial charge in [0, 0.05) is 32.6 Å². The SMILES string of the molecule is O=C(C1CCc2ncnn2C1)N1CCCN(c2nc3ccccc3s2)CC1. The number of hydrogen-bond acceptors (Lipinski definition) is 6. The van der Waals surface area contributed by atoms with Crippen molar-refractivity contribution in [3.8, 4) is 0 Å². The molecule has 1 saturated heterocycles. The van der Waals surface area contributed by atoms with Gasteiger partial charge in [-0.2, -0.15) is 5.10 Å². The summed E-state index contributed by atoms with van der Waals surface area (Å²) in [6, 6.07) is 8.26. The Balaban J connectivity index is 1.26. The van der Waals surface area contributed by atoms with E-state index in [1.807, 2.05) is 15.6 Å². The molecule has 3 aromatic rings. The molecule has 4 heterocycles.